The molecule has 0 fully saturated rings. The summed E-state index contributed by atoms with van der Waals surface area (Å²) in [5.41, 5.74) is 1.90. The van der Waals surface area contributed by atoms with Crippen LogP contribution in [-0.2, 0) is 11.2 Å². The van der Waals surface area contributed by atoms with Gasteiger partial charge >= 0.3 is 0 Å². The summed E-state index contributed by atoms with van der Waals surface area (Å²) < 4.78 is 5.13. The zero-order valence-electron chi connectivity index (χ0n) is 9.41. The molecule has 0 radical (unpaired) electrons. The minimum Gasteiger partial charge on any atom is -0.496 e. The van der Waals surface area contributed by atoms with E-state index in [1.807, 2.05) is 31.2 Å². The van der Waals surface area contributed by atoms with Gasteiger partial charge in [-0.2, -0.15) is 5.26 Å². The molecule has 0 saturated carbocycles. The lowest BCUT2D eigenvalue weighted by atomic mass is 10.1. The average molecular weight is 218 g/mol. The number of nitriles is 1. The molecule has 0 atom stereocenters. The lowest BCUT2D eigenvalue weighted by Crippen LogP contribution is -2.25. The number of hydrogen-bond donors (Lipinski definition) is 1. The number of carbonyl (C=O) groups is 1. The maximum Gasteiger partial charge on any atom is 0.225 e. The molecule has 4 nitrogen and oxygen atoms in total. The molecule has 0 unspecified atom stereocenters. The number of methoxy groups -OCH3 is 1. The molecule has 1 aromatic carbocycles. The molecule has 1 rings (SSSR count). The predicted molar refractivity (Wildman–Crippen MR) is 60.1 cm³/mol. The molecular formula is C12H14N2O2. The van der Waals surface area contributed by atoms with Crippen LogP contribution in [0.5, 0.6) is 5.75 Å². The maximum atomic E-state index is 11.3. The van der Waals surface area contributed by atoms with Crippen molar-refractivity contribution in [1.82, 2.24) is 5.32 Å². The molecular weight excluding hydrogens is 204 g/mol. The molecule has 0 saturated heterocycles. The summed E-state index contributed by atoms with van der Waals surface area (Å²) in [6.45, 7) is 1.98. The number of nitrogens with one attached hydrogen (secondary N) is 1. The zero-order chi connectivity index (χ0) is 12.0. The highest BCUT2D eigenvalue weighted by molar-refractivity contribution is 5.78. The SMILES string of the molecule is COc1ccc(CC(=O)NCC#N)cc1C. The number of aryl methyl sites for hydroxylation is 1. The van der Waals surface area contributed by atoms with Crippen molar-refractivity contribution in [1.29, 1.82) is 5.26 Å². The van der Waals surface area contributed by atoms with Gasteiger partial charge < -0.3 is 10.1 Å². The lowest BCUT2D eigenvalue weighted by Gasteiger charge is -2.07. The Balaban J connectivity index is 2.65. The Morgan fingerprint density at radius 1 is 1.56 bits per heavy atom. The second-order valence-corrected chi connectivity index (χ2v) is 3.42. The first-order valence-corrected chi connectivity index (χ1v) is 4.94. The molecule has 0 aliphatic rings. The topological polar surface area (TPSA) is 62.1 Å². The third-order valence-corrected chi connectivity index (χ3v) is 2.19. The van der Waals surface area contributed by atoms with Crippen molar-refractivity contribution in [2.75, 3.05) is 13.7 Å². The zero-order valence-corrected chi connectivity index (χ0v) is 9.41. The monoisotopic (exact) mass is 218 g/mol. The molecule has 0 bridgehead atoms. The highest BCUT2D eigenvalue weighted by atomic mass is 16.5. The Morgan fingerprint density at radius 2 is 2.31 bits per heavy atom. The Labute approximate surface area is 94.8 Å². The van der Waals surface area contributed by atoms with Crippen molar-refractivity contribution in [2.24, 2.45) is 0 Å². The van der Waals surface area contributed by atoms with Crippen molar-refractivity contribution >= 4 is 5.91 Å². The smallest absolute Gasteiger partial charge is 0.225 e. The fourth-order valence-electron chi connectivity index (χ4n) is 1.44. The standard InChI is InChI=1S/C12H14N2O2/c1-9-7-10(3-4-11(9)16-2)8-12(15)14-6-5-13/h3-4,7H,6,8H2,1-2H3,(H,14,15). The van der Waals surface area contributed by atoms with E-state index in [-0.39, 0.29) is 18.9 Å². The Bertz CT molecular complexity index is 422. The molecule has 84 valence electrons. The van der Waals surface area contributed by atoms with Crippen LogP contribution >= 0.6 is 0 Å². The van der Waals surface area contributed by atoms with Crippen molar-refractivity contribution in [3.63, 3.8) is 0 Å². The maximum absolute atomic E-state index is 11.3. The van der Waals surface area contributed by atoms with Crippen molar-refractivity contribution in [2.45, 2.75) is 13.3 Å². The van der Waals surface area contributed by atoms with Gasteiger partial charge in [-0.05, 0) is 24.1 Å². The molecule has 4 heteroatoms. The first-order chi connectivity index (χ1) is 7.67. The molecule has 16 heavy (non-hydrogen) atoms. The predicted octanol–water partition coefficient (Wildman–Crippen LogP) is 1.19. The fraction of sp³-hybridized carbons (Fsp3) is 0.333. The number of rotatable bonds is 4. The van der Waals surface area contributed by atoms with Crippen molar-refractivity contribution < 1.29 is 9.53 Å². The van der Waals surface area contributed by atoms with Crippen LogP contribution in [0.3, 0.4) is 0 Å². The minimum atomic E-state index is -0.147. The third-order valence-electron chi connectivity index (χ3n) is 2.19. The summed E-state index contributed by atoms with van der Waals surface area (Å²) in [7, 11) is 1.61. The van der Waals surface area contributed by atoms with E-state index >= 15 is 0 Å². The second kappa shape index (κ2) is 5.76. The molecule has 1 aromatic rings. The number of benzene rings is 1. The van der Waals surface area contributed by atoms with Crippen LogP contribution in [0.4, 0.5) is 0 Å². The number of carbonyl (C=O) groups excluding carboxylic acids is 1. The van der Waals surface area contributed by atoms with Crippen molar-refractivity contribution in [3.8, 4) is 11.8 Å². The first kappa shape index (κ1) is 12.1. The van der Waals surface area contributed by atoms with Gasteiger partial charge in [-0.25, -0.2) is 0 Å². The highest BCUT2D eigenvalue weighted by Gasteiger charge is 2.04. The largest absolute Gasteiger partial charge is 0.496 e. The summed E-state index contributed by atoms with van der Waals surface area (Å²) in [6, 6.07) is 7.45. The van der Waals surface area contributed by atoms with Crippen molar-refractivity contribution in [3.05, 3.63) is 29.3 Å². The number of amides is 1. The first-order valence-electron chi connectivity index (χ1n) is 4.94. The van der Waals surface area contributed by atoms with Gasteiger partial charge in [0.2, 0.25) is 5.91 Å². The molecule has 0 spiro atoms. The molecule has 1 amide bonds. The van der Waals surface area contributed by atoms with Gasteiger partial charge in [0.25, 0.3) is 0 Å². The molecule has 0 aromatic heterocycles. The van der Waals surface area contributed by atoms with E-state index in [1.54, 1.807) is 7.11 Å². The van der Waals surface area contributed by atoms with Gasteiger partial charge in [0.15, 0.2) is 0 Å². The molecule has 0 aliphatic carbocycles. The summed E-state index contributed by atoms with van der Waals surface area (Å²) in [6.07, 6.45) is 0.284. The van der Waals surface area contributed by atoms with E-state index in [1.165, 1.54) is 0 Å². The van der Waals surface area contributed by atoms with Gasteiger partial charge in [-0.1, -0.05) is 12.1 Å². The normalized spacial score (nSPS) is 9.31. The third kappa shape index (κ3) is 3.28. The summed E-state index contributed by atoms with van der Waals surface area (Å²) in [5, 5.41) is 10.8. The molecule has 0 aliphatic heterocycles. The number of ether oxygens (including phenoxy) is 1. The fourth-order valence-corrected chi connectivity index (χ4v) is 1.44. The average Bonchev–Trinajstić information content (AvgIpc) is 2.26. The Hall–Kier alpha value is -2.02. The van der Waals surface area contributed by atoms with E-state index in [2.05, 4.69) is 5.32 Å². The summed E-state index contributed by atoms with van der Waals surface area (Å²) >= 11 is 0. The molecule has 1 N–H and O–H groups in total. The van der Waals surface area contributed by atoms with E-state index in [0.29, 0.717) is 0 Å². The van der Waals surface area contributed by atoms with Crippen LogP contribution in [-0.4, -0.2) is 19.6 Å². The van der Waals surface area contributed by atoms with E-state index in [9.17, 15) is 4.79 Å². The number of nitrogens with zero attached hydrogens (tertiary/aromatic N) is 1. The van der Waals surface area contributed by atoms with Gasteiger partial charge in [0, 0.05) is 0 Å². The van der Waals surface area contributed by atoms with Gasteiger partial charge in [-0.15, -0.1) is 0 Å². The van der Waals surface area contributed by atoms with Crippen LogP contribution in [0.2, 0.25) is 0 Å². The number of hydrogen-bond acceptors (Lipinski definition) is 3. The lowest BCUT2D eigenvalue weighted by molar-refractivity contribution is -0.120. The van der Waals surface area contributed by atoms with Gasteiger partial charge in [0.1, 0.15) is 12.3 Å². The van der Waals surface area contributed by atoms with E-state index in [0.717, 1.165) is 16.9 Å². The van der Waals surface area contributed by atoms with Gasteiger partial charge in [0.05, 0.1) is 19.6 Å². The van der Waals surface area contributed by atoms with Crippen LogP contribution in [0, 0.1) is 18.3 Å². The highest BCUT2D eigenvalue weighted by Crippen LogP contribution is 2.18. The summed E-state index contributed by atoms with van der Waals surface area (Å²) in [5.74, 6) is 0.660. The second-order valence-electron chi connectivity index (χ2n) is 3.42. The van der Waals surface area contributed by atoms with Crippen LogP contribution < -0.4 is 10.1 Å². The Morgan fingerprint density at radius 3 is 2.88 bits per heavy atom. The Kier molecular flexibility index (Phi) is 4.34. The summed E-state index contributed by atoms with van der Waals surface area (Å²) in [4.78, 5) is 11.3. The van der Waals surface area contributed by atoms with Gasteiger partial charge in [-0.3, -0.25) is 4.79 Å². The van der Waals surface area contributed by atoms with Crippen LogP contribution in [0.25, 0.3) is 0 Å². The van der Waals surface area contributed by atoms with Crippen LogP contribution in [0.1, 0.15) is 11.1 Å². The van der Waals surface area contributed by atoms with Crippen LogP contribution in [0.15, 0.2) is 18.2 Å². The van der Waals surface area contributed by atoms with E-state index in [4.69, 9.17) is 10.00 Å². The molecule has 0 heterocycles. The quantitative estimate of drug-likeness (QED) is 0.772. The minimum absolute atomic E-state index is 0.0496. The van der Waals surface area contributed by atoms with E-state index < -0.39 is 0 Å².